The van der Waals surface area contributed by atoms with Gasteiger partial charge in [-0.3, -0.25) is 14.4 Å². The summed E-state index contributed by atoms with van der Waals surface area (Å²) in [5, 5.41) is 21.9. The SMILES string of the molecule is CSCCC(NC(=O)C(Cc1c[nH]c2ccccc12)NC(=O)C(Cc1cnc[nH]1)NC(=O)C1CCCN1)C(=O)O. The van der Waals surface area contributed by atoms with Gasteiger partial charge in [-0.25, -0.2) is 9.78 Å². The largest absolute Gasteiger partial charge is 0.480 e. The third-order valence-corrected chi connectivity index (χ3v) is 7.59. The second-order valence-electron chi connectivity index (χ2n) is 9.80. The molecule has 0 radical (unpaired) electrons. The lowest BCUT2D eigenvalue weighted by Gasteiger charge is -2.25. The number of carbonyl (C=O) groups excluding carboxylic acids is 3. The number of aliphatic carboxylic acids is 1. The molecule has 0 saturated carbocycles. The molecule has 2 aromatic heterocycles. The number of nitrogens with one attached hydrogen (secondary N) is 6. The number of carboxylic acids is 1. The van der Waals surface area contributed by atoms with Gasteiger partial charge < -0.3 is 36.3 Å². The molecule has 4 rings (SSSR count). The maximum atomic E-state index is 13.6. The lowest BCUT2D eigenvalue weighted by molar-refractivity contribution is -0.142. The van der Waals surface area contributed by atoms with Crippen molar-refractivity contribution in [3.8, 4) is 0 Å². The topological polar surface area (TPSA) is 181 Å². The van der Waals surface area contributed by atoms with Gasteiger partial charge in [0.05, 0.1) is 12.4 Å². The highest BCUT2D eigenvalue weighted by molar-refractivity contribution is 7.98. The smallest absolute Gasteiger partial charge is 0.326 e. The van der Waals surface area contributed by atoms with E-state index < -0.39 is 42.0 Å². The van der Waals surface area contributed by atoms with Crippen LogP contribution in [-0.4, -0.2) is 86.5 Å². The number of aromatic amines is 2. The summed E-state index contributed by atoms with van der Waals surface area (Å²) in [5.74, 6) is -2.07. The maximum absolute atomic E-state index is 13.6. The van der Waals surface area contributed by atoms with Gasteiger partial charge in [0.2, 0.25) is 17.7 Å². The predicted molar refractivity (Wildman–Crippen MR) is 152 cm³/mol. The van der Waals surface area contributed by atoms with E-state index in [2.05, 4.69) is 36.2 Å². The van der Waals surface area contributed by atoms with Gasteiger partial charge in [0.25, 0.3) is 0 Å². The predicted octanol–water partition coefficient (Wildman–Crippen LogP) is 0.720. The Bertz CT molecular complexity index is 1310. The summed E-state index contributed by atoms with van der Waals surface area (Å²) in [4.78, 5) is 61.9. The molecule has 4 unspecified atom stereocenters. The van der Waals surface area contributed by atoms with Gasteiger partial charge in [-0.2, -0.15) is 11.8 Å². The summed E-state index contributed by atoms with van der Waals surface area (Å²) in [6, 6.07) is 4.01. The molecule has 0 spiro atoms. The molecule has 3 amide bonds. The van der Waals surface area contributed by atoms with Crippen LogP contribution >= 0.6 is 11.8 Å². The second-order valence-corrected chi connectivity index (χ2v) is 10.8. The zero-order valence-electron chi connectivity index (χ0n) is 22.2. The summed E-state index contributed by atoms with van der Waals surface area (Å²) in [6.45, 7) is 0.726. The average Bonchev–Trinajstić information content (AvgIpc) is 3.73. The number of thioether (sulfide) groups is 1. The fraction of sp³-hybridized carbons (Fsp3) is 0.444. The number of carbonyl (C=O) groups is 4. The molecule has 0 aliphatic carbocycles. The van der Waals surface area contributed by atoms with E-state index in [1.165, 1.54) is 18.1 Å². The lowest BCUT2D eigenvalue weighted by atomic mass is 10.0. The molecule has 214 valence electrons. The highest BCUT2D eigenvalue weighted by Gasteiger charge is 2.32. The number of hydrogen-bond acceptors (Lipinski definition) is 7. The number of imidazole rings is 1. The van der Waals surface area contributed by atoms with Crippen molar-refractivity contribution in [3.63, 3.8) is 0 Å². The van der Waals surface area contributed by atoms with Gasteiger partial charge >= 0.3 is 5.97 Å². The van der Waals surface area contributed by atoms with Crippen LogP contribution in [0.5, 0.6) is 0 Å². The van der Waals surface area contributed by atoms with Crippen LogP contribution in [0.15, 0.2) is 43.0 Å². The van der Waals surface area contributed by atoms with E-state index in [4.69, 9.17) is 0 Å². The van der Waals surface area contributed by atoms with Crippen molar-refractivity contribution in [1.82, 2.24) is 36.2 Å². The van der Waals surface area contributed by atoms with E-state index in [1.807, 2.05) is 30.5 Å². The Morgan fingerprint density at radius 3 is 2.48 bits per heavy atom. The van der Waals surface area contributed by atoms with E-state index in [9.17, 15) is 24.3 Å². The summed E-state index contributed by atoms with van der Waals surface area (Å²) >= 11 is 1.48. The Labute approximate surface area is 235 Å². The van der Waals surface area contributed by atoms with Gasteiger partial charge in [0.15, 0.2) is 0 Å². The lowest BCUT2D eigenvalue weighted by Crippen LogP contribution is -2.58. The first kappa shape index (κ1) is 29.2. The number of H-pyrrole nitrogens is 2. The van der Waals surface area contributed by atoms with Gasteiger partial charge in [-0.1, -0.05) is 18.2 Å². The van der Waals surface area contributed by atoms with E-state index in [0.29, 0.717) is 17.9 Å². The molecule has 1 aliphatic rings. The molecular weight excluding hydrogens is 534 g/mol. The fourth-order valence-electron chi connectivity index (χ4n) is 4.77. The molecular formula is C27H35N7O5S. The standard InChI is InChI=1S/C27H35N7O5S/c1-40-10-8-21(27(38)39)32-25(36)22(11-16-13-30-19-6-3-2-5-18(16)19)33-26(37)23(12-17-14-28-15-31-17)34-24(35)20-7-4-9-29-20/h2-3,5-6,13-15,20-23,29-30H,4,7-12H2,1H3,(H,28,31)(H,32,36)(H,33,37)(H,34,35)(H,38,39). The number of para-hydroxylation sites is 1. The Morgan fingerprint density at radius 2 is 1.80 bits per heavy atom. The van der Waals surface area contributed by atoms with E-state index >= 15 is 0 Å². The van der Waals surface area contributed by atoms with Crippen LogP contribution in [0, 0.1) is 0 Å². The number of carboxylic acid groups (broad SMARTS) is 1. The summed E-state index contributed by atoms with van der Waals surface area (Å²) < 4.78 is 0. The number of nitrogens with zero attached hydrogens (tertiary/aromatic N) is 1. The monoisotopic (exact) mass is 569 g/mol. The van der Waals surface area contributed by atoms with Crippen LogP contribution in [0.1, 0.15) is 30.5 Å². The molecule has 40 heavy (non-hydrogen) atoms. The molecule has 12 nitrogen and oxygen atoms in total. The molecule has 3 aromatic rings. The number of amides is 3. The van der Waals surface area contributed by atoms with Crippen LogP contribution in [0.2, 0.25) is 0 Å². The molecule has 1 aliphatic heterocycles. The van der Waals surface area contributed by atoms with E-state index in [-0.39, 0.29) is 25.2 Å². The molecule has 1 saturated heterocycles. The second kappa shape index (κ2) is 14.0. The minimum absolute atomic E-state index is 0.116. The van der Waals surface area contributed by atoms with Crippen molar-refractivity contribution in [2.45, 2.75) is 56.3 Å². The average molecular weight is 570 g/mol. The first-order chi connectivity index (χ1) is 19.4. The van der Waals surface area contributed by atoms with Crippen LogP contribution < -0.4 is 21.3 Å². The van der Waals surface area contributed by atoms with Gasteiger partial charge in [0.1, 0.15) is 18.1 Å². The zero-order valence-corrected chi connectivity index (χ0v) is 23.1. The maximum Gasteiger partial charge on any atom is 0.326 e. The van der Waals surface area contributed by atoms with Crippen LogP contribution in [0.3, 0.4) is 0 Å². The van der Waals surface area contributed by atoms with E-state index in [0.717, 1.165) is 29.4 Å². The first-order valence-electron chi connectivity index (χ1n) is 13.2. The summed E-state index contributed by atoms with van der Waals surface area (Å²) in [6.07, 6.45) is 8.71. The molecule has 1 aromatic carbocycles. The molecule has 3 heterocycles. The highest BCUT2D eigenvalue weighted by Crippen LogP contribution is 2.19. The number of hydrogen-bond donors (Lipinski definition) is 7. The third kappa shape index (κ3) is 7.63. The van der Waals surface area contributed by atoms with Crippen molar-refractivity contribution < 1.29 is 24.3 Å². The van der Waals surface area contributed by atoms with E-state index in [1.54, 1.807) is 12.4 Å². The number of rotatable bonds is 14. The van der Waals surface area contributed by atoms with Crippen molar-refractivity contribution in [3.05, 3.63) is 54.2 Å². The van der Waals surface area contributed by atoms with Crippen molar-refractivity contribution in [2.75, 3.05) is 18.6 Å². The van der Waals surface area contributed by atoms with Crippen molar-refractivity contribution in [1.29, 1.82) is 0 Å². The van der Waals surface area contributed by atoms with Gasteiger partial charge in [-0.15, -0.1) is 0 Å². The van der Waals surface area contributed by atoms with Crippen LogP contribution in [-0.2, 0) is 32.0 Å². The number of aromatic nitrogens is 3. The summed E-state index contributed by atoms with van der Waals surface area (Å²) in [7, 11) is 0. The highest BCUT2D eigenvalue weighted by atomic mass is 32.2. The van der Waals surface area contributed by atoms with Crippen molar-refractivity contribution >= 4 is 46.4 Å². The fourth-order valence-corrected chi connectivity index (χ4v) is 5.24. The molecule has 0 bridgehead atoms. The zero-order chi connectivity index (χ0) is 28.5. The third-order valence-electron chi connectivity index (χ3n) is 6.95. The quantitative estimate of drug-likeness (QED) is 0.148. The van der Waals surface area contributed by atoms with Crippen molar-refractivity contribution in [2.24, 2.45) is 0 Å². The molecule has 1 fully saturated rings. The Morgan fingerprint density at radius 1 is 1.05 bits per heavy atom. The van der Waals surface area contributed by atoms with Crippen LogP contribution in [0.25, 0.3) is 10.9 Å². The molecule has 4 atom stereocenters. The molecule has 7 N–H and O–H groups in total. The molecule has 13 heteroatoms. The normalized spacial score (nSPS) is 17.2. The minimum Gasteiger partial charge on any atom is -0.480 e. The van der Waals surface area contributed by atoms with Gasteiger partial charge in [-0.05, 0) is 49.4 Å². The van der Waals surface area contributed by atoms with Gasteiger partial charge in [0, 0.05) is 41.8 Å². The Kier molecular flexibility index (Phi) is 10.2. The number of fused-ring (bicyclic) bond motifs is 1. The minimum atomic E-state index is -1.15. The first-order valence-corrected chi connectivity index (χ1v) is 14.6. The summed E-state index contributed by atoms with van der Waals surface area (Å²) in [5.41, 5.74) is 2.30. The van der Waals surface area contributed by atoms with Crippen LogP contribution in [0.4, 0.5) is 0 Å². The Hall–Kier alpha value is -3.84. The Balaban J connectivity index is 1.56. The number of benzene rings is 1.